The van der Waals surface area contributed by atoms with Gasteiger partial charge in [0, 0.05) is 67.4 Å². The number of carbonyl (C=O) groups excluding carboxylic acids is 1. The van der Waals surface area contributed by atoms with Crippen LogP contribution in [0.2, 0.25) is 5.02 Å². The number of nitrogens with zero attached hydrogens (tertiary/aromatic N) is 3. The number of hydrogen-bond acceptors (Lipinski definition) is 6. The molecule has 1 aliphatic heterocycles. The van der Waals surface area contributed by atoms with Gasteiger partial charge in [-0.2, -0.15) is 0 Å². The van der Waals surface area contributed by atoms with Crippen molar-refractivity contribution in [2.45, 2.75) is 26.4 Å². The van der Waals surface area contributed by atoms with Crippen molar-refractivity contribution in [1.29, 1.82) is 0 Å². The highest BCUT2D eigenvalue weighted by molar-refractivity contribution is 6.31. The van der Waals surface area contributed by atoms with Gasteiger partial charge in [0.15, 0.2) is 0 Å². The second kappa shape index (κ2) is 10.8. The number of halogens is 1. The normalized spacial score (nSPS) is 14.3. The third-order valence-electron chi connectivity index (χ3n) is 6.15. The minimum Gasteiger partial charge on any atom is -0.380 e. The number of amides is 1. The number of rotatable bonds is 8. The summed E-state index contributed by atoms with van der Waals surface area (Å²) in [5.74, 6) is 0.0765. The smallest absolute Gasteiger partial charge is 0.252 e. The maximum absolute atomic E-state index is 11.9. The van der Waals surface area contributed by atoms with E-state index in [1.165, 1.54) is 11.9 Å². The fraction of sp³-hybridized carbons (Fsp3) is 0.308. The van der Waals surface area contributed by atoms with Crippen molar-refractivity contribution in [2.24, 2.45) is 5.73 Å². The third-order valence-corrected chi connectivity index (χ3v) is 6.51. The zero-order valence-electron chi connectivity index (χ0n) is 19.6. The van der Waals surface area contributed by atoms with Crippen molar-refractivity contribution in [3.05, 3.63) is 76.9 Å². The Bertz CT molecular complexity index is 1130. The Morgan fingerprint density at radius 2 is 1.79 bits per heavy atom. The van der Waals surface area contributed by atoms with E-state index >= 15 is 0 Å². The van der Waals surface area contributed by atoms with Crippen molar-refractivity contribution in [2.75, 3.05) is 41.7 Å². The summed E-state index contributed by atoms with van der Waals surface area (Å²) < 4.78 is 0. The number of nitrogens with two attached hydrogens (primary N) is 1. The lowest BCUT2D eigenvalue weighted by Crippen LogP contribution is -2.48. The van der Waals surface area contributed by atoms with Crippen LogP contribution < -0.4 is 21.3 Å². The van der Waals surface area contributed by atoms with Gasteiger partial charge >= 0.3 is 0 Å². The molecule has 3 aromatic rings. The molecule has 0 bridgehead atoms. The van der Waals surface area contributed by atoms with Crippen molar-refractivity contribution >= 4 is 40.4 Å². The number of carbonyl (C=O) groups is 1. The summed E-state index contributed by atoms with van der Waals surface area (Å²) >= 11 is 6.26. The SMILES string of the molecule is CC(C)N1CCN(c2ccc(Nc3cc(NCc4ccccc4Cl)c(C(N)=O)cn3)cc2)CC1. The van der Waals surface area contributed by atoms with Crippen LogP contribution in [0.3, 0.4) is 0 Å². The summed E-state index contributed by atoms with van der Waals surface area (Å²) in [5, 5.41) is 7.24. The average Bonchev–Trinajstić information content (AvgIpc) is 2.84. The number of aromatic nitrogens is 1. The average molecular weight is 479 g/mol. The fourth-order valence-corrected chi connectivity index (χ4v) is 4.30. The van der Waals surface area contributed by atoms with Gasteiger partial charge in [0.2, 0.25) is 0 Å². The number of nitrogens with one attached hydrogen (secondary N) is 2. The summed E-state index contributed by atoms with van der Waals surface area (Å²) in [5.41, 5.74) is 9.54. The van der Waals surface area contributed by atoms with Gasteiger partial charge in [0.25, 0.3) is 5.91 Å². The Labute approximate surface area is 205 Å². The molecule has 1 amide bonds. The second-order valence-corrected chi connectivity index (χ2v) is 9.12. The summed E-state index contributed by atoms with van der Waals surface area (Å²) in [6, 6.07) is 18.3. The highest BCUT2D eigenvalue weighted by Gasteiger charge is 2.19. The number of primary amides is 1. The van der Waals surface area contributed by atoms with Gasteiger partial charge in [-0.3, -0.25) is 9.69 Å². The van der Waals surface area contributed by atoms with Gasteiger partial charge in [0.1, 0.15) is 5.82 Å². The van der Waals surface area contributed by atoms with Gasteiger partial charge in [-0.25, -0.2) is 4.98 Å². The summed E-state index contributed by atoms with van der Waals surface area (Å²) in [6.07, 6.45) is 1.49. The van der Waals surface area contributed by atoms with E-state index in [2.05, 4.69) is 51.4 Å². The van der Waals surface area contributed by atoms with Crippen LogP contribution in [-0.4, -0.2) is 48.0 Å². The first kappa shape index (κ1) is 23.9. The molecule has 0 spiro atoms. The third kappa shape index (κ3) is 5.79. The highest BCUT2D eigenvalue weighted by atomic mass is 35.5. The molecule has 1 fully saturated rings. The van der Waals surface area contributed by atoms with E-state index in [1.807, 2.05) is 36.4 Å². The monoisotopic (exact) mass is 478 g/mol. The molecule has 0 atom stereocenters. The van der Waals surface area contributed by atoms with Crippen molar-refractivity contribution in [3.8, 4) is 0 Å². The van der Waals surface area contributed by atoms with Crippen molar-refractivity contribution in [3.63, 3.8) is 0 Å². The molecule has 0 unspecified atom stereocenters. The lowest BCUT2D eigenvalue weighted by molar-refractivity contribution is 0.100. The van der Waals surface area contributed by atoms with Gasteiger partial charge in [0.05, 0.1) is 11.3 Å². The molecule has 4 rings (SSSR count). The predicted molar refractivity (Wildman–Crippen MR) is 140 cm³/mol. The Kier molecular flexibility index (Phi) is 7.55. The fourth-order valence-electron chi connectivity index (χ4n) is 4.10. The van der Waals surface area contributed by atoms with E-state index in [0.717, 1.165) is 37.4 Å². The largest absolute Gasteiger partial charge is 0.380 e. The van der Waals surface area contributed by atoms with Crippen LogP contribution in [-0.2, 0) is 6.54 Å². The minimum absolute atomic E-state index is 0.327. The Hall–Kier alpha value is -3.29. The van der Waals surface area contributed by atoms with E-state index in [9.17, 15) is 4.79 Å². The van der Waals surface area contributed by atoms with Crippen LogP contribution in [0.5, 0.6) is 0 Å². The molecule has 1 aromatic heterocycles. The zero-order valence-corrected chi connectivity index (χ0v) is 20.3. The van der Waals surface area contributed by atoms with Crippen LogP contribution in [0.25, 0.3) is 0 Å². The molecule has 0 radical (unpaired) electrons. The molecule has 178 valence electrons. The molecular weight excluding hydrogens is 448 g/mol. The van der Waals surface area contributed by atoms with Crippen LogP contribution in [0.1, 0.15) is 29.8 Å². The first-order valence-electron chi connectivity index (χ1n) is 11.5. The summed E-state index contributed by atoms with van der Waals surface area (Å²) in [7, 11) is 0. The standard InChI is InChI=1S/C26H31ClN6O/c1-18(2)32-11-13-33(14-12-32)21-9-7-20(8-10-21)31-25-15-24(22(17-30-25)26(28)34)29-16-19-5-3-4-6-23(19)27/h3-10,15,17-18H,11-14,16H2,1-2H3,(H2,28,34)(H2,29,30,31). The Balaban J connectivity index is 1.43. The van der Waals surface area contributed by atoms with E-state index in [1.54, 1.807) is 6.07 Å². The molecule has 7 nitrogen and oxygen atoms in total. The van der Waals surface area contributed by atoms with Crippen LogP contribution in [0.15, 0.2) is 60.8 Å². The molecule has 4 N–H and O–H groups in total. The lowest BCUT2D eigenvalue weighted by Gasteiger charge is -2.38. The van der Waals surface area contributed by atoms with E-state index < -0.39 is 5.91 Å². The van der Waals surface area contributed by atoms with Crippen LogP contribution >= 0.6 is 11.6 Å². The summed E-state index contributed by atoms with van der Waals surface area (Å²) in [4.78, 5) is 21.2. The molecule has 1 saturated heterocycles. The topological polar surface area (TPSA) is 86.5 Å². The Morgan fingerprint density at radius 3 is 2.44 bits per heavy atom. The van der Waals surface area contributed by atoms with Gasteiger partial charge in [-0.1, -0.05) is 29.8 Å². The number of piperazine rings is 1. The molecule has 0 saturated carbocycles. The molecule has 2 heterocycles. The minimum atomic E-state index is -0.539. The number of hydrogen-bond donors (Lipinski definition) is 3. The van der Waals surface area contributed by atoms with E-state index in [0.29, 0.717) is 34.7 Å². The quantitative estimate of drug-likeness (QED) is 0.434. The van der Waals surface area contributed by atoms with Crippen molar-refractivity contribution in [1.82, 2.24) is 9.88 Å². The molecule has 2 aromatic carbocycles. The number of benzene rings is 2. The molecule has 1 aliphatic rings. The first-order valence-corrected chi connectivity index (χ1v) is 11.9. The van der Waals surface area contributed by atoms with E-state index in [4.69, 9.17) is 17.3 Å². The lowest BCUT2D eigenvalue weighted by atomic mass is 10.2. The van der Waals surface area contributed by atoms with Gasteiger partial charge < -0.3 is 21.3 Å². The van der Waals surface area contributed by atoms with Crippen molar-refractivity contribution < 1.29 is 4.79 Å². The number of anilines is 4. The van der Waals surface area contributed by atoms with Crippen LogP contribution in [0.4, 0.5) is 22.9 Å². The first-order chi connectivity index (χ1) is 16.4. The second-order valence-electron chi connectivity index (χ2n) is 8.71. The molecule has 0 aliphatic carbocycles. The molecule has 8 heteroatoms. The highest BCUT2D eigenvalue weighted by Crippen LogP contribution is 2.25. The van der Waals surface area contributed by atoms with Gasteiger partial charge in [-0.05, 0) is 49.7 Å². The van der Waals surface area contributed by atoms with E-state index in [-0.39, 0.29) is 0 Å². The van der Waals surface area contributed by atoms with Crippen LogP contribution in [0, 0.1) is 0 Å². The maximum Gasteiger partial charge on any atom is 0.252 e. The Morgan fingerprint density at radius 1 is 1.09 bits per heavy atom. The number of pyridine rings is 1. The molecular formula is C26H31ClN6O. The summed E-state index contributed by atoms with van der Waals surface area (Å²) in [6.45, 7) is 9.18. The van der Waals surface area contributed by atoms with Gasteiger partial charge in [-0.15, -0.1) is 0 Å². The molecule has 34 heavy (non-hydrogen) atoms. The zero-order chi connectivity index (χ0) is 24.1. The maximum atomic E-state index is 11.9. The predicted octanol–water partition coefficient (Wildman–Crippen LogP) is 4.72.